The first-order valence-electron chi connectivity index (χ1n) is 3.19. The van der Waals surface area contributed by atoms with Gasteiger partial charge >= 0.3 is 5.97 Å². The van der Waals surface area contributed by atoms with E-state index in [1.807, 2.05) is 0 Å². The van der Waals surface area contributed by atoms with E-state index in [4.69, 9.17) is 5.11 Å². The molecule has 0 spiro atoms. The lowest BCUT2D eigenvalue weighted by Gasteiger charge is -2.03. The highest BCUT2D eigenvalue weighted by atomic mass is 16.5. The van der Waals surface area contributed by atoms with Gasteiger partial charge < -0.3 is 9.84 Å². The molecule has 0 fully saturated rings. The summed E-state index contributed by atoms with van der Waals surface area (Å²) in [6, 6.07) is 0. The highest BCUT2D eigenvalue weighted by molar-refractivity contribution is 5.76. The van der Waals surface area contributed by atoms with Crippen LogP contribution in [0.5, 0.6) is 0 Å². The highest BCUT2D eigenvalue weighted by Crippen LogP contribution is 1.89. The normalized spacial score (nSPS) is 13.5. The van der Waals surface area contributed by atoms with Crippen LogP contribution in [0.15, 0.2) is 12.2 Å². The van der Waals surface area contributed by atoms with Crippen molar-refractivity contribution in [2.24, 2.45) is 0 Å². The maximum atomic E-state index is 10.6. The van der Waals surface area contributed by atoms with Gasteiger partial charge in [0.15, 0.2) is 6.10 Å². The van der Waals surface area contributed by atoms with Crippen molar-refractivity contribution in [2.45, 2.75) is 20.0 Å². The first kappa shape index (κ1) is 9.17. The van der Waals surface area contributed by atoms with Crippen LogP contribution in [0.2, 0.25) is 0 Å². The fourth-order valence-corrected chi connectivity index (χ4v) is 0.488. The largest absolute Gasteiger partial charge is 0.464 e. The summed E-state index contributed by atoms with van der Waals surface area (Å²) in [5.74, 6) is -0.597. The van der Waals surface area contributed by atoms with Gasteiger partial charge in [0.25, 0.3) is 0 Å². The highest BCUT2D eigenvalue weighted by Gasteiger charge is 2.10. The van der Waals surface area contributed by atoms with E-state index in [1.165, 1.54) is 6.08 Å². The summed E-state index contributed by atoms with van der Waals surface area (Å²) in [4.78, 5) is 10.6. The zero-order valence-electron chi connectivity index (χ0n) is 6.20. The SMILES string of the molecule is C/C=C\[C@@H](O)C(=O)OCC. The van der Waals surface area contributed by atoms with E-state index < -0.39 is 12.1 Å². The summed E-state index contributed by atoms with van der Waals surface area (Å²) in [6.07, 6.45) is 1.87. The van der Waals surface area contributed by atoms with Crippen molar-refractivity contribution >= 4 is 5.97 Å². The van der Waals surface area contributed by atoms with Gasteiger partial charge in [-0.25, -0.2) is 4.79 Å². The zero-order chi connectivity index (χ0) is 7.98. The molecule has 0 aromatic heterocycles. The van der Waals surface area contributed by atoms with Crippen molar-refractivity contribution in [3.05, 3.63) is 12.2 Å². The van der Waals surface area contributed by atoms with Gasteiger partial charge in [0.1, 0.15) is 0 Å². The first-order valence-corrected chi connectivity index (χ1v) is 3.19. The molecule has 0 aliphatic carbocycles. The molecular weight excluding hydrogens is 132 g/mol. The Kier molecular flexibility index (Phi) is 4.58. The fourth-order valence-electron chi connectivity index (χ4n) is 0.488. The van der Waals surface area contributed by atoms with Crippen LogP contribution in [0.3, 0.4) is 0 Å². The van der Waals surface area contributed by atoms with Crippen LogP contribution >= 0.6 is 0 Å². The Hall–Kier alpha value is -0.830. The molecule has 1 N–H and O–H groups in total. The summed E-state index contributed by atoms with van der Waals surface area (Å²) in [5.41, 5.74) is 0. The number of rotatable bonds is 3. The Morgan fingerprint density at radius 3 is 2.80 bits per heavy atom. The van der Waals surface area contributed by atoms with E-state index in [0.717, 1.165) is 0 Å². The molecule has 0 saturated carbocycles. The van der Waals surface area contributed by atoms with Gasteiger partial charge in [-0.2, -0.15) is 0 Å². The molecule has 0 unspecified atom stereocenters. The molecule has 0 amide bonds. The van der Waals surface area contributed by atoms with E-state index in [-0.39, 0.29) is 0 Å². The molecule has 3 nitrogen and oxygen atoms in total. The number of carbonyl (C=O) groups excluding carboxylic acids is 1. The smallest absolute Gasteiger partial charge is 0.338 e. The first-order chi connectivity index (χ1) is 4.72. The number of hydrogen-bond acceptors (Lipinski definition) is 3. The van der Waals surface area contributed by atoms with Crippen LogP contribution < -0.4 is 0 Å². The Morgan fingerprint density at radius 2 is 2.40 bits per heavy atom. The predicted octanol–water partition coefficient (Wildman–Crippen LogP) is 0.486. The molecule has 0 bridgehead atoms. The van der Waals surface area contributed by atoms with Crippen LogP contribution in [-0.4, -0.2) is 23.8 Å². The number of aliphatic hydroxyl groups is 1. The van der Waals surface area contributed by atoms with Crippen LogP contribution in [0.25, 0.3) is 0 Å². The standard InChI is InChI=1S/C7H12O3/c1-3-5-6(8)7(9)10-4-2/h3,5-6,8H,4H2,1-2H3/b5-3-/t6-/m1/s1. The summed E-state index contributed by atoms with van der Waals surface area (Å²) >= 11 is 0. The molecule has 0 rings (SSSR count). The molecular formula is C7H12O3. The number of carbonyl (C=O) groups is 1. The minimum atomic E-state index is -1.11. The van der Waals surface area contributed by atoms with E-state index in [9.17, 15) is 4.79 Å². The van der Waals surface area contributed by atoms with Crippen molar-refractivity contribution in [1.29, 1.82) is 0 Å². The maximum absolute atomic E-state index is 10.6. The summed E-state index contributed by atoms with van der Waals surface area (Å²) in [6.45, 7) is 3.72. The molecule has 0 heterocycles. The molecule has 58 valence electrons. The van der Waals surface area contributed by atoms with Gasteiger partial charge in [-0.05, 0) is 19.9 Å². The molecule has 0 radical (unpaired) electrons. The summed E-state index contributed by atoms with van der Waals surface area (Å²) in [5, 5.41) is 8.89. The molecule has 0 aromatic carbocycles. The summed E-state index contributed by atoms with van der Waals surface area (Å²) < 4.78 is 4.52. The lowest BCUT2D eigenvalue weighted by molar-refractivity contribution is -0.150. The maximum Gasteiger partial charge on any atom is 0.338 e. The third-order valence-corrected chi connectivity index (χ3v) is 0.903. The van der Waals surface area contributed by atoms with Crippen molar-refractivity contribution in [1.82, 2.24) is 0 Å². The monoisotopic (exact) mass is 144 g/mol. The van der Waals surface area contributed by atoms with Gasteiger partial charge in [-0.3, -0.25) is 0 Å². The van der Waals surface area contributed by atoms with Crippen molar-refractivity contribution in [3.8, 4) is 0 Å². The minimum absolute atomic E-state index is 0.299. The quantitative estimate of drug-likeness (QED) is 0.463. The Balaban J connectivity index is 3.70. The van der Waals surface area contributed by atoms with Crippen molar-refractivity contribution in [3.63, 3.8) is 0 Å². The number of hydrogen-bond donors (Lipinski definition) is 1. The molecule has 0 aliphatic heterocycles. The van der Waals surface area contributed by atoms with Gasteiger partial charge in [0, 0.05) is 0 Å². The molecule has 10 heavy (non-hydrogen) atoms. The molecule has 3 heteroatoms. The number of aliphatic hydroxyl groups excluding tert-OH is 1. The Morgan fingerprint density at radius 1 is 1.80 bits per heavy atom. The molecule has 1 atom stereocenters. The Labute approximate surface area is 60.3 Å². The lowest BCUT2D eigenvalue weighted by atomic mass is 10.3. The third-order valence-electron chi connectivity index (χ3n) is 0.903. The van der Waals surface area contributed by atoms with E-state index in [1.54, 1.807) is 19.9 Å². The minimum Gasteiger partial charge on any atom is -0.464 e. The second kappa shape index (κ2) is 4.99. The van der Waals surface area contributed by atoms with Crippen LogP contribution in [0.4, 0.5) is 0 Å². The van der Waals surface area contributed by atoms with Gasteiger partial charge in [-0.15, -0.1) is 0 Å². The van der Waals surface area contributed by atoms with Gasteiger partial charge in [0.05, 0.1) is 6.61 Å². The van der Waals surface area contributed by atoms with Crippen LogP contribution in [0, 0.1) is 0 Å². The average molecular weight is 144 g/mol. The van der Waals surface area contributed by atoms with Crippen molar-refractivity contribution in [2.75, 3.05) is 6.61 Å². The number of allylic oxidation sites excluding steroid dienone is 1. The third kappa shape index (κ3) is 3.25. The van der Waals surface area contributed by atoms with E-state index in [0.29, 0.717) is 6.61 Å². The van der Waals surface area contributed by atoms with Crippen LogP contribution in [-0.2, 0) is 9.53 Å². The lowest BCUT2D eigenvalue weighted by Crippen LogP contribution is -2.20. The number of esters is 1. The van der Waals surface area contributed by atoms with Crippen molar-refractivity contribution < 1.29 is 14.6 Å². The molecule has 0 saturated heterocycles. The van der Waals surface area contributed by atoms with Gasteiger partial charge in [-0.1, -0.05) is 6.08 Å². The van der Waals surface area contributed by atoms with Crippen LogP contribution in [0.1, 0.15) is 13.8 Å². The fraction of sp³-hybridized carbons (Fsp3) is 0.571. The second-order valence-corrected chi connectivity index (χ2v) is 1.72. The summed E-state index contributed by atoms with van der Waals surface area (Å²) in [7, 11) is 0. The van der Waals surface area contributed by atoms with Gasteiger partial charge in [0.2, 0.25) is 0 Å². The topological polar surface area (TPSA) is 46.5 Å². The zero-order valence-corrected chi connectivity index (χ0v) is 6.20. The number of ether oxygens (including phenoxy) is 1. The van der Waals surface area contributed by atoms with E-state index in [2.05, 4.69) is 4.74 Å². The predicted molar refractivity (Wildman–Crippen MR) is 37.5 cm³/mol. The molecule has 0 aromatic rings. The average Bonchev–Trinajstić information content (AvgIpc) is 1.89. The second-order valence-electron chi connectivity index (χ2n) is 1.72. The Bertz CT molecular complexity index is 129. The molecule has 0 aliphatic rings. The van der Waals surface area contributed by atoms with E-state index >= 15 is 0 Å².